The Labute approximate surface area is 122 Å². The van der Waals surface area contributed by atoms with Gasteiger partial charge in [-0.25, -0.2) is 0 Å². The number of benzene rings is 1. The lowest BCUT2D eigenvalue weighted by atomic mass is 10.2. The maximum absolute atomic E-state index is 12.2. The van der Waals surface area contributed by atoms with Gasteiger partial charge in [0.25, 0.3) is 5.91 Å². The Morgan fingerprint density at radius 3 is 2.68 bits per heavy atom. The normalized spacial score (nSPS) is 10.5. The fourth-order valence-electron chi connectivity index (χ4n) is 1.90. The van der Waals surface area contributed by atoms with Gasteiger partial charge in [-0.2, -0.15) is 0 Å². The molecular formula is C15H16ClNOS. The lowest BCUT2D eigenvalue weighted by Gasteiger charge is -2.07. The first-order valence-electron chi connectivity index (χ1n) is 6.18. The third-order valence-electron chi connectivity index (χ3n) is 3.07. The van der Waals surface area contributed by atoms with Gasteiger partial charge < -0.3 is 5.32 Å². The molecule has 1 amide bonds. The van der Waals surface area contributed by atoms with Gasteiger partial charge in [0.2, 0.25) is 0 Å². The van der Waals surface area contributed by atoms with Crippen LogP contribution in [-0.4, -0.2) is 5.91 Å². The van der Waals surface area contributed by atoms with E-state index in [0.717, 1.165) is 22.5 Å². The van der Waals surface area contributed by atoms with Crippen LogP contribution in [0.3, 0.4) is 0 Å². The molecule has 0 fully saturated rings. The van der Waals surface area contributed by atoms with E-state index in [1.54, 1.807) is 6.07 Å². The van der Waals surface area contributed by atoms with E-state index in [-0.39, 0.29) is 5.91 Å². The van der Waals surface area contributed by atoms with Crippen molar-refractivity contribution in [3.63, 3.8) is 0 Å². The summed E-state index contributed by atoms with van der Waals surface area (Å²) < 4.78 is 0. The highest BCUT2D eigenvalue weighted by Gasteiger charge is 2.12. The van der Waals surface area contributed by atoms with Crippen molar-refractivity contribution in [2.45, 2.75) is 27.2 Å². The lowest BCUT2D eigenvalue weighted by molar-refractivity contribution is 0.103. The van der Waals surface area contributed by atoms with E-state index < -0.39 is 0 Å². The van der Waals surface area contributed by atoms with E-state index in [4.69, 9.17) is 11.6 Å². The zero-order chi connectivity index (χ0) is 14.0. The van der Waals surface area contributed by atoms with Crippen LogP contribution in [-0.2, 0) is 6.42 Å². The number of hydrogen-bond donors (Lipinski definition) is 1. The minimum atomic E-state index is -0.0711. The molecule has 1 heterocycles. The molecule has 19 heavy (non-hydrogen) atoms. The highest BCUT2D eigenvalue weighted by molar-refractivity contribution is 7.14. The average molecular weight is 294 g/mol. The number of aryl methyl sites for hydroxylation is 3. The van der Waals surface area contributed by atoms with E-state index in [2.05, 4.69) is 12.2 Å². The van der Waals surface area contributed by atoms with Crippen molar-refractivity contribution in [2.75, 3.05) is 5.32 Å². The van der Waals surface area contributed by atoms with Crippen LogP contribution in [0.4, 0.5) is 5.69 Å². The molecule has 0 saturated carbocycles. The molecule has 0 aliphatic heterocycles. The molecule has 1 aromatic carbocycles. The van der Waals surface area contributed by atoms with Gasteiger partial charge in [-0.15, -0.1) is 11.3 Å². The number of rotatable bonds is 3. The quantitative estimate of drug-likeness (QED) is 0.862. The zero-order valence-corrected chi connectivity index (χ0v) is 12.8. The maximum atomic E-state index is 12.2. The molecule has 0 unspecified atom stereocenters. The zero-order valence-electron chi connectivity index (χ0n) is 11.2. The van der Waals surface area contributed by atoms with Crippen LogP contribution in [0, 0.1) is 13.8 Å². The number of nitrogens with one attached hydrogen (secondary N) is 1. The molecule has 1 N–H and O–H groups in total. The van der Waals surface area contributed by atoms with Gasteiger partial charge in [-0.3, -0.25) is 4.79 Å². The number of amides is 1. The third-order valence-corrected chi connectivity index (χ3v) is 4.40. The Morgan fingerprint density at radius 1 is 1.32 bits per heavy atom. The van der Waals surface area contributed by atoms with Crippen LogP contribution in [0.5, 0.6) is 0 Å². The standard InChI is InChI=1S/C15H16ClNOS/c1-4-11-7-14(19-10(11)3)15(18)17-13-8-12(16)6-5-9(13)2/h5-8H,4H2,1-3H3,(H,17,18). The Kier molecular flexibility index (Phi) is 4.27. The van der Waals surface area contributed by atoms with Gasteiger partial charge in [0.15, 0.2) is 0 Å². The molecule has 0 spiro atoms. The smallest absolute Gasteiger partial charge is 0.265 e. The summed E-state index contributed by atoms with van der Waals surface area (Å²) in [6.07, 6.45) is 0.950. The summed E-state index contributed by atoms with van der Waals surface area (Å²) in [7, 11) is 0. The molecule has 0 saturated heterocycles. The van der Waals surface area contributed by atoms with Crippen molar-refractivity contribution >= 4 is 34.5 Å². The molecule has 0 radical (unpaired) electrons. The van der Waals surface area contributed by atoms with E-state index >= 15 is 0 Å². The van der Waals surface area contributed by atoms with Crippen molar-refractivity contribution in [2.24, 2.45) is 0 Å². The van der Waals surface area contributed by atoms with Crippen LogP contribution in [0.15, 0.2) is 24.3 Å². The molecule has 2 rings (SSSR count). The van der Waals surface area contributed by atoms with Gasteiger partial charge >= 0.3 is 0 Å². The number of carbonyl (C=O) groups excluding carboxylic acids is 1. The first kappa shape index (κ1) is 14.1. The molecule has 100 valence electrons. The van der Waals surface area contributed by atoms with Gasteiger partial charge in [-0.1, -0.05) is 24.6 Å². The second-order valence-corrected chi connectivity index (χ2v) is 6.15. The van der Waals surface area contributed by atoms with Crippen LogP contribution >= 0.6 is 22.9 Å². The van der Waals surface area contributed by atoms with Crippen molar-refractivity contribution < 1.29 is 4.79 Å². The summed E-state index contributed by atoms with van der Waals surface area (Å²) in [4.78, 5) is 14.2. The fraction of sp³-hybridized carbons (Fsp3) is 0.267. The maximum Gasteiger partial charge on any atom is 0.265 e. The summed E-state index contributed by atoms with van der Waals surface area (Å²) in [5, 5.41) is 3.54. The van der Waals surface area contributed by atoms with Crippen molar-refractivity contribution in [1.82, 2.24) is 0 Å². The lowest BCUT2D eigenvalue weighted by Crippen LogP contribution is -2.11. The monoisotopic (exact) mass is 293 g/mol. The molecule has 0 aliphatic carbocycles. The number of hydrogen-bond acceptors (Lipinski definition) is 2. The van der Waals surface area contributed by atoms with Crippen LogP contribution < -0.4 is 5.32 Å². The van der Waals surface area contributed by atoms with Crippen molar-refractivity contribution in [3.05, 3.63) is 50.2 Å². The molecule has 0 aliphatic rings. The minimum absolute atomic E-state index is 0.0711. The molecular weight excluding hydrogens is 278 g/mol. The largest absolute Gasteiger partial charge is 0.321 e. The molecule has 1 aromatic heterocycles. The van der Waals surface area contributed by atoms with Crippen molar-refractivity contribution in [3.8, 4) is 0 Å². The van der Waals surface area contributed by atoms with Crippen LogP contribution in [0.2, 0.25) is 5.02 Å². The average Bonchev–Trinajstić information content (AvgIpc) is 2.75. The predicted octanol–water partition coefficient (Wildman–Crippen LogP) is 4.83. The first-order valence-corrected chi connectivity index (χ1v) is 7.37. The fourth-order valence-corrected chi connectivity index (χ4v) is 3.08. The topological polar surface area (TPSA) is 29.1 Å². The molecule has 0 bridgehead atoms. The molecule has 4 heteroatoms. The second-order valence-electron chi connectivity index (χ2n) is 4.46. The van der Waals surface area contributed by atoms with Crippen molar-refractivity contribution in [1.29, 1.82) is 0 Å². The van der Waals surface area contributed by atoms with Gasteiger partial charge in [-0.05, 0) is 49.6 Å². The molecule has 0 atom stereocenters. The van der Waals surface area contributed by atoms with E-state index in [1.807, 2.05) is 32.0 Å². The second kappa shape index (κ2) is 5.76. The Morgan fingerprint density at radius 2 is 2.05 bits per heavy atom. The Balaban J connectivity index is 2.22. The van der Waals surface area contributed by atoms with E-state index in [9.17, 15) is 4.79 Å². The summed E-state index contributed by atoms with van der Waals surface area (Å²) in [5.41, 5.74) is 3.00. The van der Waals surface area contributed by atoms with Gasteiger partial charge in [0.1, 0.15) is 0 Å². The predicted molar refractivity (Wildman–Crippen MR) is 82.6 cm³/mol. The SMILES string of the molecule is CCc1cc(C(=O)Nc2cc(Cl)ccc2C)sc1C. The summed E-state index contributed by atoms with van der Waals surface area (Å²) in [6, 6.07) is 7.46. The molecule has 2 aromatic rings. The Bertz CT molecular complexity index is 619. The minimum Gasteiger partial charge on any atom is -0.321 e. The van der Waals surface area contributed by atoms with Gasteiger partial charge in [0, 0.05) is 15.6 Å². The summed E-state index contributed by atoms with van der Waals surface area (Å²) in [5.74, 6) is -0.0711. The number of thiophene rings is 1. The van der Waals surface area contributed by atoms with Crippen LogP contribution in [0.1, 0.15) is 32.6 Å². The summed E-state index contributed by atoms with van der Waals surface area (Å²) in [6.45, 7) is 6.09. The first-order chi connectivity index (χ1) is 9.01. The number of anilines is 1. The molecule has 2 nitrogen and oxygen atoms in total. The summed E-state index contributed by atoms with van der Waals surface area (Å²) >= 11 is 7.48. The highest BCUT2D eigenvalue weighted by atomic mass is 35.5. The Hall–Kier alpha value is -1.32. The van der Waals surface area contributed by atoms with E-state index in [0.29, 0.717) is 5.02 Å². The highest BCUT2D eigenvalue weighted by Crippen LogP contribution is 2.25. The third kappa shape index (κ3) is 3.17. The number of halogens is 1. The van der Waals surface area contributed by atoms with Crippen LogP contribution in [0.25, 0.3) is 0 Å². The number of carbonyl (C=O) groups is 1. The van der Waals surface area contributed by atoms with E-state index in [1.165, 1.54) is 21.8 Å². The van der Waals surface area contributed by atoms with Gasteiger partial charge in [0.05, 0.1) is 4.88 Å².